The fraction of sp³-hybridized carbons (Fsp3) is 0.429. The van der Waals surface area contributed by atoms with Gasteiger partial charge in [0.2, 0.25) is 0 Å². The van der Waals surface area contributed by atoms with Crippen LogP contribution >= 0.6 is 0 Å². The molecule has 126 valence electrons. The normalized spacial score (nSPS) is 14.2. The zero-order chi connectivity index (χ0) is 17.7. The number of benzene rings is 1. The first-order valence-corrected chi connectivity index (χ1v) is 8.14. The molecular weight excluding hydrogens is 282 g/mol. The fourth-order valence-electron chi connectivity index (χ4n) is 2.71. The molecule has 0 radical (unpaired) electrons. The maximum Gasteiger partial charge on any atom is 0.0971 e. The number of nitrogens with zero attached hydrogens (tertiary/aromatic N) is 1. The van der Waals surface area contributed by atoms with Crippen LogP contribution in [0.4, 0.5) is 5.69 Å². The Morgan fingerprint density at radius 1 is 1.13 bits per heavy atom. The molecule has 1 unspecified atom stereocenters. The Labute approximate surface area is 141 Å². The highest BCUT2D eigenvalue weighted by Gasteiger charge is 2.32. The van der Waals surface area contributed by atoms with Crippen molar-refractivity contribution >= 4 is 5.69 Å². The van der Waals surface area contributed by atoms with Gasteiger partial charge in [-0.3, -0.25) is 0 Å². The van der Waals surface area contributed by atoms with Gasteiger partial charge in [0.1, 0.15) is 0 Å². The molecule has 23 heavy (non-hydrogen) atoms. The Morgan fingerprint density at radius 2 is 1.74 bits per heavy atom. The first-order chi connectivity index (χ1) is 10.7. The Kier molecular flexibility index (Phi) is 6.40. The lowest BCUT2D eigenvalue weighted by atomic mass is 9.76. The van der Waals surface area contributed by atoms with E-state index in [4.69, 9.17) is 0 Å². The zero-order valence-electron chi connectivity index (χ0n) is 15.0. The van der Waals surface area contributed by atoms with Crippen LogP contribution < -0.4 is 4.90 Å². The van der Waals surface area contributed by atoms with Crippen molar-refractivity contribution in [1.82, 2.24) is 0 Å². The molecule has 0 spiro atoms. The number of hydrogen-bond acceptors (Lipinski definition) is 2. The van der Waals surface area contributed by atoms with E-state index in [-0.39, 0.29) is 5.41 Å². The summed E-state index contributed by atoms with van der Waals surface area (Å²) in [6.45, 7) is 21.2. The Hall–Kier alpha value is -1.80. The van der Waals surface area contributed by atoms with Crippen LogP contribution in [-0.2, 0) is 0 Å². The molecule has 0 bridgehead atoms. The van der Waals surface area contributed by atoms with Crippen LogP contribution in [0.15, 0.2) is 62.2 Å². The molecule has 0 aromatic heterocycles. The number of aliphatic hydroxyl groups is 1. The van der Waals surface area contributed by atoms with Gasteiger partial charge in [-0.1, -0.05) is 44.2 Å². The molecule has 0 amide bonds. The number of rotatable bonds is 9. The predicted octanol–water partition coefficient (Wildman–Crippen LogP) is 4.75. The quantitative estimate of drug-likeness (QED) is 0.665. The second kappa shape index (κ2) is 7.65. The first-order valence-electron chi connectivity index (χ1n) is 8.14. The van der Waals surface area contributed by atoms with Crippen LogP contribution in [0.5, 0.6) is 0 Å². The molecule has 1 N–H and O–H groups in total. The summed E-state index contributed by atoms with van der Waals surface area (Å²) in [5.41, 5.74) is 1.09. The summed E-state index contributed by atoms with van der Waals surface area (Å²) in [5.74, 6) is 0.360. The van der Waals surface area contributed by atoms with E-state index in [0.29, 0.717) is 19.0 Å². The van der Waals surface area contributed by atoms with E-state index in [2.05, 4.69) is 63.6 Å². The predicted molar refractivity (Wildman–Crippen MR) is 102 cm³/mol. The lowest BCUT2D eigenvalue weighted by molar-refractivity contribution is 0.116. The standard InChI is InChI=1S/C21H31NO/c1-8-20(7,23)15-22(19-13-11-12-18(6)14-19)16-21(9-2,10-3)17(4)5/h8-14,17,23H,1-3,15-16H2,4-7H3. The van der Waals surface area contributed by atoms with Gasteiger partial charge in [0.15, 0.2) is 0 Å². The topological polar surface area (TPSA) is 23.5 Å². The minimum atomic E-state index is -0.963. The summed E-state index contributed by atoms with van der Waals surface area (Å²) in [6, 6.07) is 8.32. The average molecular weight is 313 g/mol. The summed E-state index contributed by atoms with van der Waals surface area (Å²) in [5, 5.41) is 10.5. The van der Waals surface area contributed by atoms with E-state index in [1.165, 1.54) is 5.56 Å². The molecule has 0 aliphatic heterocycles. The van der Waals surface area contributed by atoms with Crippen molar-refractivity contribution in [1.29, 1.82) is 0 Å². The van der Waals surface area contributed by atoms with E-state index >= 15 is 0 Å². The van der Waals surface area contributed by atoms with Gasteiger partial charge >= 0.3 is 0 Å². The van der Waals surface area contributed by atoms with Crippen LogP contribution in [0.25, 0.3) is 0 Å². The molecular formula is C21H31NO. The molecule has 1 rings (SSSR count). The molecule has 2 heteroatoms. The molecule has 1 atom stereocenters. The van der Waals surface area contributed by atoms with E-state index in [1.807, 2.05) is 18.2 Å². The SMILES string of the molecule is C=CC(C)(O)CN(CC(C=C)(C=C)C(C)C)c1cccc(C)c1. The number of aryl methyl sites for hydroxylation is 1. The van der Waals surface area contributed by atoms with Crippen molar-refractivity contribution in [3.05, 3.63) is 67.8 Å². The van der Waals surface area contributed by atoms with Gasteiger partial charge in [0.25, 0.3) is 0 Å². The summed E-state index contributed by atoms with van der Waals surface area (Å²) in [6.07, 6.45) is 5.53. The summed E-state index contributed by atoms with van der Waals surface area (Å²) < 4.78 is 0. The third-order valence-corrected chi connectivity index (χ3v) is 4.62. The molecule has 1 aromatic carbocycles. The summed E-state index contributed by atoms with van der Waals surface area (Å²) in [4.78, 5) is 2.19. The lowest BCUT2D eigenvalue weighted by Crippen LogP contribution is -2.45. The van der Waals surface area contributed by atoms with Crippen molar-refractivity contribution in [2.24, 2.45) is 11.3 Å². The number of anilines is 1. The van der Waals surface area contributed by atoms with Crippen molar-refractivity contribution in [2.45, 2.75) is 33.3 Å². The molecule has 0 aliphatic rings. The maximum atomic E-state index is 10.5. The maximum absolute atomic E-state index is 10.5. The third kappa shape index (κ3) is 4.84. The average Bonchev–Trinajstić information content (AvgIpc) is 2.51. The minimum absolute atomic E-state index is 0.221. The Morgan fingerprint density at radius 3 is 2.17 bits per heavy atom. The Bertz CT molecular complexity index is 549. The van der Waals surface area contributed by atoms with Gasteiger partial charge in [-0.2, -0.15) is 0 Å². The van der Waals surface area contributed by atoms with Crippen molar-refractivity contribution < 1.29 is 5.11 Å². The molecule has 1 aromatic rings. The first kappa shape index (κ1) is 19.2. The van der Waals surface area contributed by atoms with Gasteiger partial charge in [0, 0.05) is 17.6 Å². The zero-order valence-corrected chi connectivity index (χ0v) is 15.0. The minimum Gasteiger partial charge on any atom is -0.384 e. The molecule has 0 heterocycles. The van der Waals surface area contributed by atoms with Crippen LogP contribution in [-0.4, -0.2) is 23.8 Å². The van der Waals surface area contributed by atoms with E-state index < -0.39 is 5.60 Å². The van der Waals surface area contributed by atoms with Crippen LogP contribution in [0.2, 0.25) is 0 Å². The summed E-state index contributed by atoms with van der Waals surface area (Å²) in [7, 11) is 0. The summed E-state index contributed by atoms with van der Waals surface area (Å²) >= 11 is 0. The van der Waals surface area contributed by atoms with Gasteiger partial charge in [-0.15, -0.1) is 19.7 Å². The third-order valence-electron chi connectivity index (χ3n) is 4.62. The van der Waals surface area contributed by atoms with Gasteiger partial charge < -0.3 is 10.0 Å². The molecule has 0 saturated carbocycles. The fourth-order valence-corrected chi connectivity index (χ4v) is 2.71. The highest BCUT2D eigenvalue weighted by molar-refractivity contribution is 5.50. The van der Waals surface area contributed by atoms with Crippen molar-refractivity contribution in [3.8, 4) is 0 Å². The van der Waals surface area contributed by atoms with Gasteiger partial charge in [0.05, 0.1) is 12.1 Å². The van der Waals surface area contributed by atoms with Crippen molar-refractivity contribution in [2.75, 3.05) is 18.0 Å². The van der Waals surface area contributed by atoms with Crippen LogP contribution in [0.3, 0.4) is 0 Å². The monoisotopic (exact) mass is 313 g/mol. The number of hydrogen-bond donors (Lipinski definition) is 1. The molecule has 2 nitrogen and oxygen atoms in total. The van der Waals surface area contributed by atoms with Crippen LogP contribution in [0.1, 0.15) is 26.3 Å². The van der Waals surface area contributed by atoms with Gasteiger partial charge in [-0.05, 0) is 37.5 Å². The second-order valence-electron chi connectivity index (χ2n) is 6.93. The van der Waals surface area contributed by atoms with E-state index in [1.54, 1.807) is 13.0 Å². The largest absolute Gasteiger partial charge is 0.384 e. The Balaban J connectivity index is 3.26. The molecule has 0 saturated heterocycles. The molecule has 0 aliphatic carbocycles. The lowest BCUT2D eigenvalue weighted by Gasteiger charge is -2.40. The highest BCUT2D eigenvalue weighted by Crippen LogP contribution is 2.34. The van der Waals surface area contributed by atoms with E-state index in [9.17, 15) is 5.11 Å². The smallest absolute Gasteiger partial charge is 0.0971 e. The highest BCUT2D eigenvalue weighted by atomic mass is 16.3. The second-order valence-corrected chi connectivity index (χ2v) is 6.93. The molecule has 0 fully saturated rings. The van der Waals surface area contributed by atoms with E-state index in [0.717, 1.165) is 5.69 Å². The van der Waals surface area contributed by atoms with Gasteiger partial charge in [-0.25, -0.2) is 0 Å². The van der Waals surface area contributed by atoms with Crippen molar-refractivity contribution in [3.63, 3.8) is 0 Å². The van der Waals surface area contributed by atoms with Crippen LogP contribution in [0, 0.1) is 18.3 Å².